The fourth-order valence-corrected chi connectivity index (χ4v) is 7.85. The second-order valence-electron chi connectivity index (χ2n) is 12.2. The molecule has 0 atom stereocenters. The highest BCUT2D eigenvalue weighted by Gasteiger charge is 2.37. The van der Waals surface area contributed by atoms with Crippen LogP contribution in [-0.4, -0.2) is 12.3 Å². The van der Waals surface area contributed by atoms with Crippen LogP contribution in [0.4, 0.5) is 17.1 Å². The Kier molecular flexibility index (Phi) is 4.37. The first-order valence-electron chi connectivity index (χ1n) is 15.4. The number of nitrogens with zero attached hydrogens (tertiary/aromatic N) is 1. The number of hydrogen-bond acceptors (Lipinski definition) is 3. The third-order valence-corrected chi connectivity index (χ3v) is 9.76. The molecule has 2 aliphatic rings. The lowest BCUT2D eigenvalue weighted by molar-refractivity contribution is 0.477. The minimum Gasteiger partial charge on any atom is -0.456 e. The summed E-state index contributed by atoms with van der Waals surface area (Å²) >= 11 is 0. The Bertz CT molecular complexity index is 2740. The maximum Gasteiger partial charge on any atom is 0.198 e. The van der Waals surface area contributed by atoms with Gasteiger partial charge in [0.1, 0.15) is 11.2 Å². The quantitative estimate of drug-likeness (QED) is 0.199. The molecule has 7 aromatic carbocycles. The number of para-hydroxylation sites is 5. The molecule has 0 saturated heterocycles. The molecule has 2 aliphatic heterocycles. The molecule has 2 aromatic heterocycles. The summed E-state index contributed by atoms with van der Waals surface area (Å²) in [5, 5.41) is 7.20. The van der Waals surface area contributed by atoms with Crippen molar-refractivity contribution >= 4 is 89.8 Å². The Morgan fingerprint density at radius 2 is 1.36 bits per heavy atom. The lowest BCUT2D eigenvalue weighted by Gasteiger charge is -2.39. The van der Waals surface area contributed by atoms with E-state index in [1.165, 1.54) is 49.3 Å². The molecule has 0 spiro atoms. The van der Waals surface area contributed by atoms with Gasteiger partial charge in [-0.15, -0.1) is 0 Å². The minimum absolute atomic E-state index is 0.784. The van der Waals surface area contributed by atoms with Crippen molar-refractivity contribution in [1.82, 2.24) is 4.98 Å². The summed E-state index contributed by atoms with van der Waals surface area (Å²) in [5.41, 5.74) is 12.3. The van der Waals surface area contributed by atoms with Gasteiger partial charge in [-0.05, 0) is 64.3 Å². The molecule has 9 aromatic rings. The molecular weight excluding hydrogens is 551 g/mol. The highest BCUT2D eigenvalue weighted by atomic mass is 16.5. The van der Waals surface area contributed by atoms with Gasteiger partial charge in [-0.25, -0.2) is 0 Å². The molecule has 45 heavy (non-hydrogen) atoms. The summed E-state index contributed by atoms with van der Waals surface area (Å²) < 4.78 is 13.1. The topological polar surface area (TPSA) is 41.4 Å². The van der Waals surface area contributed by atoms with E-state index >= 15 is 0 Å². The summed E-state index contributed by atoms with van der Waals surface area (Å²) in [6.07, 6.45) is 0. The highest BCUT2D eigenvalue weighted by molar-refractivity contribution is 6.74. The second kappa shape index (κ2) is 8.37. The van der Waals surface area contributed by atoms with Crippen molar-refractivity contribution in [2.45, 2.75) is 0 Å². The molecule has 208 valence electrons. The Labute approximate surface area is 258 Å². The third-order valence-electron chi connectivity index (χ3n) is 9.76. The van der Waals surface area contributed by atoms with Crippen LogP contribution in [0.25, 0.3) is 65.6 Å². The number of hydrogen-bond donors (Lipinski definition) is 1. The monoisotopic (exact) mass is 574 g/mol. The minimum atomic E-state index is 0.784. The van der Waals surface area contributed by atoms with Gasteiger partial charge in [-0.1, -0.05) is 90.4 Å². The molecule has 5 heteroatoms. The van der Waals surface area contributed by atoms with Crippen molar-refractivity contribution in [2.75, 3.05) is 4.90 Å². The van der Waals surface area contributed by atoms with Crippen LogP contribution in [0.1, 0.15) is 0 Å². The van der Waals surface area contributed by atoms with E-state index < -0.39 is 0 Å². The number of fused-ring (bicyclic) bond motifs is 12. The van der Waals surface area contributed by atoms with Crippen molar-refractivity contribution in [3.05, 3.63) is 127 Å². The number of aromatic amines is 1. The van der Waals surface area contributed by atoms with Crippen molar-refractivity contribution in [2.24, 2.45) is 0 Å². The van der Waals surface area contributed by atoms with Crippen LogP contribution < -0.4 is 20.6 Å². The molecule has 11 rings (SSSR count). The molecule has 0 bridgehead atoms. The number of aromatic nitrogens is 1. The van der Waals surface area contributed by atoms with Gasteiger partial charge < -0.3 is 19.0 Å². The van der Waals surface area contributed by atoms with E-state index in [1.54, 1.807) is 0 Å². The number of nitrogens with one attached hydrogen (secondary N) is 1. The van der Waals surface area contributed by atoms with Gasteiger partial charge in [0.15, 0.2) is 18.8 Å². The van der Waals surface area contributed by atoms with Gasteiger partial charge in [0.25, 0.3) is 0 Å². The molecule has 0 fully saturated rings. The van der Waals surface area contributed by atoms with Gasteiger partial charge in [0, 0.05) is 27.2 Å². The second-order valence-corrected chi connectivity index (χ2v) is 12.2. The van der Waals surface area contributed by atoms with E-state index in [0.29, 0.717) is 0 Å². The molecule has 0 amide bonds. The average Bonchev–Trinajstić information content (AvgIpc) is 3.64. The van der Waals surface area contributed by atoms with Crippen molar-refractivity contribution in [3.8, 4) is 22.6 Å². The first-order valence-corrected chi connectivity index (χ1v) is 15.4. The zero-order valence-corrected chi connectivity index (χ0v) is 24.1. The van der Waals surface area contributed by atoms with Gasteiger partial charge in [0.05, 0.1) is 28.0 Å². The average molecular weight is 574 g/mol. The molecule has 0 radical (unpaired) electrons. The first kappa shape index (κ1) is 23.5. The number of anilines is 3. The Hall–Kier alpha value is -5.94. The van der Waals surface area contributed by atoms with Crippen LogP contribution in [0.2, 0.25) is 0 Å². The fraction of sp³-hybridized carbons (Fsp3) is 0. The lowest BCUT2D eigenvalue weighted by Crippen LogP contribution is -2.42. The standard InChI is InChI=1S/C40H23BN2O2/c1-2-10-23-20-30-27(19-22(23)9-1)24-12-7-13-25(38(24)42-30)28-21-35-36(26-11-3-5-16-32(26)44-35)40-37(28)41-29-14-8-18-34-39(29)43(40)31-15-4-6-17-33(31)45-34/h1-21,41-42H. The van der Waals surface area contributed by atoms with Crippen LogP contribution in [-0.2, 0) is 0 Å². The van der Waals surface area contributed by atoms with Gasteiger partial charge >= 0.3 is 0 Å². The first-order chi connectivity index (χ1) is 22.3. The number of ether oxygens (including phenoxy) is 1. The van der Waals surface area contributed by atoms with E-state index in [0.717, 1.165) is 63.1 Å². The number of benzene rings is 7. The molecular formula is C40H23BN2O2. The summed E-state index contributed by atoms with van der Waals surface area (Å²) in [6.45, 7) is 0. The van der Waals surface area contributed by atoms with Crippen LogP contribution in [0.15, 0.2) is 132 Å². The molecule has 0 saturated carbocycles. The molecule has 4 heterocycles. The van der Waals surface area contributed by atoms with E-state index in [-0.39, 0.29) is 0 Å². The maximum absolute atomic E-state index is 6.65. The molecule has 0 unspecified atom stereocenters. The predicted molar refractivity (Wildman–Crippen MR) is 187 cm³/mol. The maximum atomic E-state index is 6.65. The zero-order valence-electron chi connectivity index (χ0n) is 24.1. The van der Waals surface area contributed by atoms with Gasteiger partial charge in [0.2, 0.25) is 0 Å². The SMILES string of the molecule is B1c2cccc3c2N(c2ccccc2O3)c2c1c(-c1cccc3c1[nH]c1cc4ccccc4cc13)cc1oc3ccccc3c21. The number of furan rings is 1. The zero-order chi connectivity index (χ0) is 29.2. The van der Waals surface area contributed by atoms with Crippen LogP contribution in [0.5, 0.6) is 11.5 Å². The van der Waals surface area contributed by atoms with Gasteiger partial charge in [-0.3, -0.25) is 0 Å². The fourth-order valence-electron chi connectivity index (χ4n) is 7.85. The van der Waals surface area contributed by atoms with Crippen LogP contribution in [0.3, 0.4) is 0 Å². The summed E-state index contributed by atoms with van der Waals surface area (Å²) in [6, 6.07) is 45.3. The smallest absolute Gasteiger partial charge is 0.198 e. The lowest BCUT2D eigenvalue weighted by atomic mass is 9.57. The third kappa shape index (κ3) is 3.07. The van der Waals surface area contributed by atoms with E-state index in [2.05, 4.69) is 125 Å². The Morgan fingerprint density at radius 3 is 2.31 bits per heavy atom. The van der Waals surface area contributed by atoms with Crippen LogP contribution >= 0.6 is 0 Å². The number of H-pyrrole nitrogens is 1. The van der Waals surface area contributed by atoms with Crippen molar-refractivity contribution in [3.63, 3.8) is 0 Å². The van der Waals surface area contributed by atoms with Crippen molar-refractivity contribution < 1.29 is 9.15 Å². The summed E-state index contributed by atoms with van der Waals surface area (Å²) in [4.78, 5) is 6.26. The summed E-state index contributed by atoms with van der Waals surface area (Å²) in [7, 11) is 0.784. The van der Waals surface area contributed by atoms with Crippen LogP contribution in [0, 0.1) is 0 Å². The predicted octanol–water partition coefficient (Wildman–Crippen LogP) is 9.32. The Morgan fingerprint density at radius 1 is 0.578 bits per heavy atom. The number of rotatable bonds is 1. The van der Waals surface area contributed by atoms with Gasteiger partial charge in [-0.2, -0.15) is 0 Å². The Balaban J connectivity index is 1.29. The normalized spacial score (nSPS) is 13.2. The molecule has 1 N–H and O–H groups in total. The largest absolute Gasteiger partial charge is 0.456 e. The highest BCUT2D eigenvalue weighted by Crippen LogP contribution is 2.53. The van der Waals surface area contributed by atoms with E-state index in [4.69, 9.17) is 9.15 Å². The van der Waals surface area contributed by atoms with E-state index in [9.17, 15) is 0 Å². The molecule has 0 aliphatic carbocycles. The summed E-state index contributed by atoms with van der Waals surface area (Å²) in [5.74, 6) is 1.74. The van der Waals surface area contributed by atoms with Crippen molar-refractivity contribution in [1.29, 1.82) is 0 Å². The van der Waals surface area contributed by atoms with E-state index in [1.807, 2.05) is 12.1 Å². The molecule has 4 nitrogen and oxygen atoms in total.